The standard InChI is InChI=1S/C19H16BF2N5O2/c21-20(22)26-10-1-3-16(26)19(17-4-2-11-27(17)20)25-15-7-5-14(6-8-15)9-12-29-18(28)13-24-23/h1-8,10-11,13,25H,9,12H2. The van der Waals surface area contributed by atoms with E-state index in [-0.39, 0.29) is 6.61 Å². The van der Waals surface area contributed by atoms with E-state index >= 15 is 0 Å². The number of esters is 1. The molecule has 0 saturated carbocycles. The van der Waals surface area contributed by atoms with E-state index in [0.29, 0.717) is 29.7 Å². The normalized spacial score (nSPS) is 15.9. The van der Waals surface area contributed by atoms with Crippen LogP contribution < -0.4 is 5.32 Å². The van der Waals surface area contributed by atoms with Crippen LogP contribution in [0.25, 0.3) is 11.2 Å². The van der Waals surface area contributed by atoms with Crippen molar-refractivity contribution in [2.45, 2.75) is 6.42 Å². The average molecular weight is 395 g/mol. The van der Waals surface area contributed by atoms with E-state index in [1.807, 2.05) is 24.3 Å². The zero-order valence-corrected chi connectivity index (χ0v) is 15.2. The van der Waals surface area contributed by atoms with E-state index in [1.54, 1.807) is 24.3 Å². The van der Waals surface area contributed by atoms with Crippen LogP contribution in [0.5, 0.6) is 0 Å². The molecule has 1 N–H and O–H groups in total. The molecule has 0 aliphatic carbocycles. The van der Waals surface area contributed by atoms with Crippen LogP contribution in [-0.2, 0) is 16.0 Å². The number of hydrogen-bond donors (Lipinski definition) is 1. The van der Waals surface area contributed by atoms with Crippen molar-refractivity contribution < 1.29 is 27.4 Å². The van der Waals surface area contributed by atoms with Crippen molar-refractivity contribution in [2.24, 2.45) is 0 Å². The quantitative estimate of drug-likeness (QED) is 0.268. The van der Waals surface area contributed by atoms with E-state index in [9.17, 15) is 13.4 Å². The number of aromatic nitrogens is 1. The molecule has 1 aromatic carbocycles. The van der Waals surface area contributed by atoms with Crippen LogP contribution in [0.3, 0.4) is 0 Å². The number of hydrogen-bond acceptors (Lipinski definition) is 3. The number of nitrogens with zero attached hydrogens (tertiary/aromatic N) is 4. The number of carbonyl (C=O) groups is 1. The van der Waals surface area contributed by atoms with Gasteiger partial charge in [0.1, 0.15) is 11.9 Å². The second-order valence-corrected chi connectivity index (χ2v) is 6.55. The number of ether oxygens (including phenoxy) is 1. The molecule has 146 valence electrons. The van der Waals surface area contributed by atoms with Crippen LogP contribution in [-0.4, -0.2) is 45.7 Å². The van der Waals surface area contributed by atoms with Gasteiger partial charge in [-0.15, -0.1) is 0 Å². The van der Waals surface area contributed by atoms with Crippen LogP contribution in [0.2, 0.25) is 0 Å². The highest BCUT2D eigenvalue weighted by atomic mass is 19.2. The van der Waals surface area contributed by atoms with Crippen molar-refractivity contribution in [1.82, 2.24) is 4.48 Å². The van der Waals surface area contributed by atoms with Gasteiger partial charge in [0.2, 0.25) is 0 Å². The molecule has 7 nitrogen and oxygen atoms in total. The summed E-state index contributed by atoms with van der Waals surface area (Å²) in [6, 6.07) is 10.6. The number of benzene rings is 1. The van der Waals surface area contributed by atoms with E-state index in [1.165, 1.54) is 12.4 Å². The summed E-state index contributed by atoms with van der Waals surface area (Å²) in [7, 11) is 0. The molecule has 2 aliphatic heterocycles. The van der Waals surface area contributed by atoms with Crippen LogP contribution >= 0.6 is 0 Å². The Hall–Kier alpha value is -3.78. The Balaban J connectivity index is 1.51. The second kappa shape index (κ2) is 7.33. The first-order valence-corrected chi connectivity index (χ1v) is 8.95. The van der Waals surface area contributed by atoms with Gasteiger partial charge in [0.25, 0.3) is 0 Å². The fourth-order valence-electron chi connectivity index (χ4n) is 3.40. The second-order valence-electron chi connectivity index (χ2n) is 6.55. The Morgan fingerprint density at radius 1 is 1.31 bits per heavy atom. The first-order valence-electron chi connectivity index (χ1n) is 8.95. The predicted molar refractivity (Wildman–Crippen MR) is 105 cm³/mol. The molecule has 1 aromatic heterocycles. The number of allylic oxidation sites excluding steroid dienone is 2. The minimum absolute atomic E-state index is 0.146. The minimum Gasteiger partial charge on any atom is -0.457 e. The first-order chi connectivity index (χ1) is 14.0. The van der Waals surface area contributed by atoms with Gasteiger partial charge >= 0.3 is 19.2 Å². The van der Waals surface area contributed by atoms with Crippen LogP contribution in [0.4, 0.5) is 14.3 Å². The van der Waals surface area contributed by atoms with E-state index in [0.717, 1.165) is 20.2 Å². The molecular formula is C19H16BF2N5O2. The van der Waals surface area contributed by atoms with Gasteiger partial charge in [-0.2, -0.15) is 4.79 Å². The fourth-order valence-corrected chi connectivity index (χ4v) is 3.40. The Kier molecular flexibility index (Phi) is 4.70. The number of rotatable bonds is 6. The van der Waals surface area contributed by atoms with E-state index in [4.69, 9.17) is 10.3 Å². The molecule has 2 aliphatic rings. The van der Waals surface area contributed by atoms with Gasteiger partial charge in [0.15, 0.2) is 5.70 Å². The van der Waals surface area contributed by atoms with Gasteiger partial charge < -0.3 is 33.2 Å². The molecule has 0 bridgehead atoms. The Bertz CT molecular complexity index is 1110. The van der Waals surface area contributed by atoms with Gasteiger partial charge in [-0.25, -0.2) is 4.79 Å². The highest BCUT2D eigenvalue weighted by molar-refractivity contribution is 6.57. The molecule has 0 amide bonds. The van der Waals surface area contributed by atoms with Crippen LogP contribution in [0.1, 0.15) is 11.3 Å². The Morgan fingerprint density at radius 3 is 2.86 bits per heavy atom. The van der Waals surface area contributed by atoms with Crippen molar-refractivity contribution in [1.29, 1.82) is 0 Å². The summed E-state index contributed by atoms with van der Waals surface area (Å²) in [6.45, 7) is -3.77. The number of anilines is 1. The van der Waals surface area contributed by atoms with Crippen molar-refractivity contribution in [2.75, 3.05) is 11.9 Å². The number of halogens is 2. The Morgan fingerprint density at radius 2 is 2.10 bits per heavy atom. The van der Waals surface area contributed by atoms with Gasteiger partial charge in [-0.05, 0) is 36.0 Å². The summed E-state index contributed by atoms with van der Waals surface area (Å²) in [5.41, 5.74) is 11.4. The van der Waals surface area contributed by atoms with Crippen LogP contribution in [0, 0.1) is 0 Å². The van der Waals surface area contributed by atoms with Gasteiger partial charge in [-0.1, -0.05) is 12.1 Å². The lowest BCUT2D eigenvalue weighted by molar-refractivity contribution is -0.356. The third-order valence-corrected chi connectivity index (χ3v) is 4.76. The van der Waals surface area contributed by atoms with E-state index < -0.39 is 12.9 Å². The zero-order valence-electron chi connectivity index (χ0n) is 15.2. The number of fused-ring (bicyclic) bond motifs is 2. The monoisotopic (exact) mass is 395 g/mol. The average Bonchev–Trinajstić information content (AvgIpc) is 3.37. The topological polar surface area (TPSA) is 82.7 Å². The highest BCUT2D eigenvalue weighted by Crippen LogP contribution is 2.35. The summed E-state index contributed by atoms with van der Waals surface area (Å²) in [4.78, 5) is 13.7. The summed E-state index contributed by atoms with van der Waals surface area (Å²) < 4.78 is 36.3. The SMILES string of the molecule is [N-]=[N+]=CC(=O)OCCc1ccc(NC2=C3C=CC=[N+]3[B-](F)(F)n3cccc32)cc1. The summed E-state index contributed by atoms with van der Waals surface area (Å²) in [5.74, 6) is -0.719. The van der Waals surface area contributed by atoms with Gasteiger partial charge in [-0.3, -0.25) is 0 Å². The Labute approximate surface area is 164 Å². The zero-order chi connectivity index (χ0) is 20.4. The van der Waals surface area contributed by atoms with E-state index in [2.05, 4.69) is 10.1 Å². The molecule has 0 radical (unpaired) electrons. The number of nitrogens with one attached hydrogen (secondary N) is 1. The third-order valence-electron chi connectivity index (χ3n) is 4.76. The summed E-state index contributed by atoms with van der Waals surface area (Å²) in [6.07, 6.45) is 7.20. The molecule has 0 spiro atoms. The maximum Gasteiger partial charge on any atom is 0.737 e. The highest BCUT2D eigenvalue weighted by Gasteiger charge is 2.51. The van der Waals surface area contributed by atoms with Crippen molar-refractivity contribution >= 4 is 36.8 Å². The maximum absolute atomic E-state index is 14.7. The largest absolute Gasteiger partial charge is 0.737 e. The van der Waals surface area contributed by atoms with Crippen molar-refractivity contribution in [3.05, 3.63) is 77.2 Å². The maximum atomic E-state index is 14.7. The molecule has 0 unspecified atom stereocenters. The molecule has 2 aromatic rings. The smallest absolute Gasteiger partial charge is 0.457 e. The molecule has 0 saturated heterocycles. The number of carbonyl (C=O) groups excluding carboxylic acids is 1. The third kappa shape index (κ3) is 3.41. The summed E-state index contributed by atoms with van der Waals surface area (Å²) >= 11 is 0. The molecule has 0 atom stereocenters. The molecule has 3 heterocycles. The van der Waals surface area contributed by atoms with Crippen molar-refractivity contribution in [3.63, 3.8) is 0 Å². The first kappa shape index (κ1) is 18.6. The minimum atomic E-state index is -3.92. The van der Waals surface area contributed by atoms with Gasteiger partial charge in [0, 0.05) is 30.0 Å². The van der Waals surface area contributed by atoms with Crippen molar-refractivity contribution in [3.8, 4) is 0 Å². The fraction of sp³-hybridized carbons (Fsp3) is 0.105. The lowest BCUT2D eigenvalue weighted by atomic mass is 9.91. The molecule has 0 fully saturated rings. The molecule has 4 rings (SSSR count). The molecular weight excluding hydrogens is 379 g/mol. The molecule has 10 heteroatoms. The lowest BCUT2D eigenvalue weighted by Crippen LogP contribution is -2.49. The summed E-state index contributed by atoms with van der Waals surface area (Å²) in [5, 5.41) is 3.24. The lowest BCUT2D eigenvalue weighted by Gasteiger charge is -2.31. The predicted octanol–water partition coefficient (Wildman–Crippen LogP) is 2.54. The van der Waals surface area contributed by atoms with Crippen LogP contribution in [0.15, 0.2) is 60.4 Å². The van der Waals surface area contributed by atoms with Gasteiger partial charge in [0.05, 0.1) is 6.61 Å². The molecule has 29 heavy (non-hydrogen) atoms.